The Balaban J connectivity index is 1.92. The average molecular weight is 429 g/mol. The van der Waals surface area contributed by atoms with Crippen LogP contribution in [0.15, 0.2) is 48.2 Å². The maximum absolute atomic E-state index is 12.8. The van der Waals surface area contributed by atoms with Crippen LogP contribution >= 0.6 is 11.6 Å². The van der Waals surface area contributed by atoms with E-state index in [1.807, 2.05) is 0 Å². The first kappa shape index (κ1) is 21.1. The first-order valence-corrected chi connectivity index (χ1v) is 9.08. The van der Waals surface area contributed by atoms with Crippen molar-refractivity contribution in [2.45, 2.75) is 6.92 Å². The van der Waals surface area contributed by atoms with Crippen LogP contribution in [0.4, 0.5) is 11.4 Å². The average Bonchev–Trinajstić information content (AvgIpc) is 2.96. The van der Waals surface area contributed by atoms with E-state index in [1.165, 1.54) is 26.4 Å². The molecule has 3 rings (SSSR count). The molecule has 0 aliphatic carbocycles. The largest absolute Gasteiger partial charge is 0.466 e. The van der Waals surface area contributed by atoms with Gasteiger partial charge >= 0.3 is 11.9 Å². The zero-order chi connectivity index (χ0) is 22.0. The first-order valence-electron chi connectivity index (χ1n) is 8.70. The Morgan fingerprint density at radius 3 is 2.33 bits per heavy atom. The van der Waals surface area contributed by atoms with Crippen LogP contribution in [-0.2, 0) is 19.1 Å². The first-order chi connectivity index (χ1) is 14.3. The van der Waals surface area contributed by atoms with Crippen molar-refractivity contribution in [3.05, 3.63) is 69.9 Å². The van der Waals surface area contributed by atoms with Crippen LogP contribution in [0.3, 0.4) is 0 Å². The number of benzene rings is 2. The van der Waals surface area contributed by atoms with Crippen molar-refractivity contribution in [2.24, 2.45) is 0 Å². The van der Waals surface area contributed by atoms with E-state index < -0.39 is 23.8 Å². The molecule has 2 amide bonds. The molecule has 1 aliphatic heterocycles. The number of nitrogens with zero attached hydrogens (tertiary/aromatic N) is 1. The number of halogens is 1. The molecule has 0 radical (unpaired) electrons. The van der Waals surface area contributed by atoms with Gasteiger partial charge in [0.05, 0.1) is 37.1 Å². The minimum absolute atomic E-state index is 0.133. The minimum atomic E-state index is -0.764. The molecule has 2 aromatic rings. The molecule has 0 saturated carbocycles. The van der Waals surface area contributed by atoms with Gasteiger partial charge in [0, 0.05) is 10.7 Å². The van der Waals surface area contributed by atoms with E-state index in [1.54, 1.807) is 31.2 Å². The van der Waals surface area contributed by atoms with Crippen LogP contribution in [-0.4, -0.2) is 38.0 Å². The lowest BCUT2D eigenvalue weighted by Gasteiger charge is -2.18. The van der Waals surface area contributed by atoms with E-state index in [-0.39, 0.29) is 16.8 Å². The van der Waals surface area contributed by atoms with Gasteiger partial charge in [-0.3, -0.25) is 9.59 Å². The standard InChI is InChI=1S/C21H17ClN2O6/c1-11-8-13(23-16(21(28)30-3)10-18(25)29-2)5-7-17(11)24-19(26)14-6-4-12(22)9-15(14)20(24)27/h4-10,23H,1-3H3/b16-10+. The van der Waals surface area contributed by atoms with Crippen molar-refractivity contribution in [1.82, 2.24) is 0 Å². The predicted octanol–water partition coefficient (Wildman–Crippen LogP) is 3.09. The molecule has 0 fully saturated rings. The molecule has 0 unspecified atom stereocenters. The van der Waals surface area contributed by atoms with Gasteiger partial charge in [-0.15, -0.1) is 0 Å². The van der Waals surface area contributed by atoms with Crippen LogP contribution in [0, 0.1) is 6.92 Å². The van der Waals surface area contributed by atoms with Crippen molar-refractivity contribution in [1.29, 1.82) is 0 Å². The summed E-state index contributed by atoms with van der Waals surface area (Å²) in [7, 11) is 2.36. The quantitative estimate of drug-likeness (QED) is 0.443. The zero-order valence-corrected chi connectivity index (χ0v) is 17.1. The lowest BCUT2D eigenvalue weighted by molar-refractivity contribution is -0.138. The van der Waals surface area contributed by atoms with Crippen LogP contribution < -0.4 is 10.2 Å². The third-order valence-corrected chi connectivity index (χ3v) is 4.67. The highest BCUT2D eigenvalue weighted by Crippen LogP contribution is 2.33. The van der Waals surface area contributed by atoms with Crippen LogP contribution in [0.5, 0.6) is 0 Å². The molecule has 0 atom stereocenters. The minimum Gasteiger partial charge on any atom is -0.466 e. The van der Waals surface area contributed by atoms with Gasteiger partial charge in [-0.05, 0) is 48.9 Å². The number of fused-ring (bicyclic) bond motifs is 1. The fourth-order valence-corrected chi connectivity index (χ4v) is 3.18. The molecule has 8 nitrogen and oxygen atoms in total. The number of carbonyl (C=O) groups excluding carboxylic acids is 4. The number of nitrogens with one attached hydrogen (secondary N) is 1. The second-order valence-electron chi connectivity index (χ2n) is 6.33. The Kier molecular flexibility index (Phi) is 5.89. The Morgan fingerprint density at radius 2 is 1.70 bits per heavy atom. The fourth-order valence-electron chi connectivity index (χ4n) is 3.00. The number of carbonyl (C=O) groups is 4. The Morgan fingerprint density at radius 1 is 1.00 bits per heavy atom. The van der Waals surface area contributed by atoms with Gasteiger partial charge in [0.1, 0.15) is 5.70 Å². The molecular formula is C21H17ClN2O6. The molecule has 0 bridgehead atoms. The van der Waals surface area contributed by atoms with Gasteiger partial charge in [0.25, 0.3) is 11.8 Å². The van der Waals surface area contributed by atoms with Gasteiger partial charge in [-0.1, -0.05) is 11.6 Å². The SMILES string of the molecule is COC(=O)/C=C(/Nc1ccc(N2C(=O)c3ccc(Cl)cc3C2=O)c(C)c1)C(=O)OC. The topological polar surface area (TPSA) is 102 Å². The van der Waals surface area contributed by atoms with E-state index in [9.17, 15) is 19.2 Å². The number of imide groups is 1. The molecule has 1 N–H and O–H groups in total. The van der Waals surface area contributed by atoms with Crippen molar-refractivity contribution in [3.63, 3.8) is 0 Å². The third-order valence-electron chi connectivity index (χ3n) is 4.43. The number of ether oxygens (including phenoxy) is 2. The Bertz CT molecular complexity index is 1110. The number of esters is 2. The molecule has 9 heteroatoms. The summed E-state index contributed by atoms with van der Waals surface area (Å²) in [5.74, 6) is -2.42. The summed E-state index contributed by atoms with van der Waals surface area (Å²) in [4.78, 5) is 50.0. The second kappa shape index (κ2) is 8.38. The van der Waals surface area contributed by atoms with E-state index in [2.05, 4.69) is 14.8 Å². The molecule has 1 heterocycles. The van der Waals surface area contributed by atoms with E-state index in [0.29, 0.717) is 22.0 Å². The van der Waals surface area contributed by atoms with E-state index in [4.69, 9.17) is 11.6 Å². The number of aryl methyl sites for hydroxylation is 1. The molecule has 0 saturated heterocycles. The normalized spacial score (nSPS) is 13.2. The number of amides is 2. The van der Waals surface area contributed by atoms with Crippen molar-refractivity contribution < 1.29 is 28.7 Å². The summed E-state index contributed by atoms with van der Waals surface area (Å²) in [6, 6.07) is 9.28. The number of methoxy groups -OCH3 is 2. The molecule has 0 spiro atoms. The summed E-state index contributed by atoms with van der Waals surface area (Å²) in [5, 5.41) is 3.14. The lowest BCUT2D eigenvalue weighted by atomic mass is 10.1. The highest BCUT2D eigenvalue weighted by Gasteiger charge is 2.37. The summed E-state index contributed by atoms with van der Waals surface area (Å²) in [6.07, 6.45) is 0.961. The molecule has 2 aromatic carbocycles. The van der Waals surface area contributed by atoms with Crippen molar-refractivity contribution >= 4 is 46.7 Å². The Labute approximate surface area is 177 Å². The maximum atomic E-state index is 12.8. The van der Waals surface area contributed by atoms with Gasteiger partial charge in [-0.25, -0.2) is 14.5 Å². The molecule has 1 aliphatic rings. The number of hydrogen-bond acceptors (Lipinski definition) is 7. The predicted molar refractivity (Wildman–Crippen MR) is 110 cm³/mol. The van der Waals surface area contributed by atoms with Crippen molar-refractivity contribution in [2.75, 3.05) is 24.4 Å². The van der Waals surface area contributed by atoms with Gasteiger partial charge in [-0.2, -0.15) is 0 Å². The molecular weight excluding hydrogens is 412 g/mol. The highest BCUT2D eigenvalue weighted by atomic mass is 35.5. The summed E-state index contributed by atoms with van der Waals surface area (Å²) < 4.78 is 9.18. The number of anilines is 2. The van der Waals surface area contributed by atoms with Crippen LogP contribution in [0.25, 0.3) is 0 Å². The third kappa shape index (κ3) is 3.90. The van der Waals surface area contributed by atoms with Crippen LogP contribution in [0.1, 0.15) is 26.3 Å². The van der Waals surface area contributed by atoms with Gasteiger partial charge < -0.3 is 14.8 Å². The monoisotopic (exact) mass is 428 g/mol. The van der Waals surface area contributed by atoms with E-state index >= 15 is 0 Å². The molecule has 0 aromatic heterocycles. The fraction of sp³-hybridized carbons (Fsp3) is 0.143. The van der Waals surface area contributed by atoms with Crippen LogP contribution in [0.2, 0.25) is 5.02 Å². The van der Waals surface area contributed by atoms with E-state index in [0.717, 1.165) is 11.0 Å². The summed E-state index contributed by atoms with van der Waals surface area (Å²) in [6.45, 7) is 1.71. The van der Waals surface area contributed by atoms with Crippen molar-refractivity contribution in [3.8, 4) is 0 Å². The zero-order valence-electron chi connectivity index (χ0n) is 16.3. The number of rotatable bonds is 5. The molecule has 30 heavy (non-hydrogen) atoms. The summed E-state index contributed by atoms with van der Waals surface area (Å²) >= 11 is 5.95. The lowest BCUT2D eigenvalue weighted by Crippen LogP contribution is -2.30. The van der Waals surface area contributed by atoms with Gasteiger partial charge in [0.2, 0.25) is 0 Å². The Hall–Kier alpha value is -3.65. The second-order valence-corrected chi connectivity index (χ2v) is 6.77. The van der Waals surface area contributed by atoms with Gasteiger partial charge in [0.15, 0.2) is 0 Å². The molecule has 154 valence electrons. The smallest absolute Gasteiger partial charge is 0.354 e. The maximum Gasteiger partial charge on any atom is 0.354 e. The highest BCUT2D eigenvalue weighted by molar-refractivity contribution is 6.36. The number of hydrogen-bond donors (Lipinski definition) is 1. The summed E-state index contributed by atoms with van der Waals surface area (Å²) in [5.41, 5.74) is 1.80.